The molecule has 12 nitrogen and oxygen atoms in total. The van der Waals surface area contributed by atoms with Crippen LogP contribution in [0.1, 0.15) is 11.3 Å². The molecule has 0 radical (unpaired) electrons. The molecule has 1 atom stereocenters. The van der Waals surface area contributed by atoms with Crippen LogP contribution in [0.5, 0.6) is 0 Å². The monoisotopic (exact) mass is 536 g/mol. The Balaban J connectivity index is 0.000000368. The van der Waals surface area contributed by atoms with Crippen molar-refractivity contribution in [1.82, 2.24) is 29.4 Å². The molecule has 1 aliphatic rings. The van der Waals surface area contributed by atoms with E-state index in [1.807, 2.05) is 24.4 Å². The Labute approximate surface area is 222 Å². The quantitative estimate of drug-likeness (QED) is 0.221. The molecule has 198 valence electrons. The molecule has 0 aromatic carbocycles. The third-order valence-electron chi connectivity index (χ3n) is 5.65. The van der Waals surface area contributed by atoms with E-state index < -0.39 is 11.9 Å². The number of thiophene rings is 1. The van der Waals surface area contributed by atoms with Crippen LogP contribution in [-0.4, -0.2) is 83.8 Å². The van der Waals surface area contributed by atoms with Gasteiger partial charge in [0, 0.05) is 67.8 Å². The molecule has 4 aromatic heterocycles. The minimum Gasteiger partial charge on any atom is -0.478 e. The molecular formula is C25H28N8O4S. The highest BCUT2D eigenvalue weighted by atomic mass is 32.1. The number of hydrogen-bond donors (Lipinski definition) is 4. The number of rotatable bonds is 10. The molecule has 0 spiro atoms. The van der Waals surface area contributed by atoms with Gasteiger partial charge in [-0.2, -0.15) is 0 Å². The lowest BCUT2D eigenvalue weighted by Gasteiger charge is -2.18. The van der Waals surface area contributed by atoms with Crippen LogP contribution >= 0.6 is 11.3 Å². The van der Waals surface area contributed by atoms with Gasteiger partial charge in [-0.15, -0.1) is 11.3 Å². The van der Waals surface area contributed by atoms with E-state index in [1.54, 1.807) is 23.7 Å². The van der Waals surface area contributed by atoms with Gasteiger partial charge in [-0.05, 0) is 36.1 Å². The molecule has 4 N–H and O–H groups in total. The third-order valence-corrected chi connectivity index (χ3v) is 6.51. The van der Waals surface area contributed by atoms with E-state index in [2.05, 4.69) is 52.6 Å². The van der Waals surface area contributed by atoms with Gasteiger partial charge in [0.1, 0.15) is 5.52 Å². The van der Waals surface area contributed by atoms with Crippen molar-refractivity contribution in [1.29, 1.82) is 0 Å². The maximum absolute atomic E-state index is 9.55. The fourth-order valence-corrected chi connectivity index (χ4v) is 4.66. The fraction of sp³-hybridized carbons (Fsp3) is 0.280. The normalized spacial score (nSPS) is 15.3. The molecule has 38 heavy (non-hydrogen) atoms. The Kier molecular flexibility index (Phi) is 9.32. The fourth-order valence-electron chi connectivity index (χ4n) is 3.97. The largest absolute Gasteiger partial charge is 0.478 e. The lowest BCUT2D eigenvalue weighted by molar-refractivity contribution is -0.134. The van der Waals surface area contributed by atoms with Gasteiger partial charge in [0.15, 0.2) is 5.65 Å². The van der Waals surface area contributed by atoms with Crippen molar-refractivity contribution in [2.45, 2.75) is 19.0 Å². The van der Waals surface area contributed by atoms with Crippen molar-refractivity contribution >= 4 is 46.3 Å². The number of aliphatic carboxylic acids is 2. The van der Waals surface area contributed by atoms with Crippen molar-refractivity contribution in [3.63, 3.8) is 0 Å². The van der Waals surface area contributed by atoms with Gasteiger partial charge in [-0.25, -0.2) is 29.5 Å². The Morgan fingerprint density at radius 2 is 1.82 bits per heavy atom. The molecule has 0 saturated carbocycles. The molecule has 1 fully saturated rings. The predicted octanol–water partition coefficient (Wildman–Crippen LogP) is 2.64. The van der Waals surface area contributed by atoms with Crippen LogP contribution in [0.2, 0.25) is 0 Å². The Hall–Kier alpha value is -4.36. The van der Waals surface area contributed by atoms with E-state index in [0.717, 1.165) is 56.3 Å². The number of carbonyl (C=O) groups is 2. The Bertz CT molecular complexity index is 1340. The second kappa shape index (κ2) is 13.3. The number of nitrogens with one attached hydrogen (secondary N) is 2. The number of nitrogens with zero attached hydrogens (tertiary/aromatic N) is 6. The molecule has 5 heterocycles. The van der Waals surface area contributed by atoms with Crippen LogP contribution in [0.15, 0.2) is 66.5 Å². The summed E-state index contributed by atoms with van der Waals surface area (Å²) in [5.74, 6) is -0.930. The lowest BCUT2D eigenvalue weighted by Crippen LogP contribution is -2.30. The number of fused-ring (bicyclic) bond motifs is 1. The first-order chi connectivity index (χ1) is 18.5. The van der Waals surface area contributed by atoms with Crippen molar-refractivity contribution in [3.05, 3.63) is 71.3 Å². The van der Waals surface area contributed by atoms with Gasteiger partial charge >= 0.3 is 11.9 Å². The van der Waals surface area contributed by atoms with E-state index in [4.69, 9.17) is 15.2 Å². The van der Waals surface area contributed by atoms with Gasteiger partial charge < -0.3 is 20.8 Å². The average Bonchev–Trinajstić information content (AvgIpc) is 3.66. The first kappa shape index (κ1) is 26.7. The summed E-state index contributed by atoms with van der Waals surface area (Å²) in [5.41, 5.74) is 1.86. The van der Waals surface area contributed by atoms with Crippen LogP contribution in [0.4, 0.5) is 11.9 Å². The van der Waals surface area contributed by atoms with Gasteiger partial charge in [-0.1, -0.05) is 6.07 Å². The van der Waals surface area contributed by atoms with Gasteiger partial charge in [-0.3, -0.25) is 9.47 Å². The molecule has 0 amide bonds. The zero-order valence-corrected chi connectivity index (χ0v) is 21.3. The van der Waals surface area contributed by atoms with Crippen LogP contribution < -0.4 is 10.6 Å². The number of anilines is 2. The minimum absolute atomic E-state index is 0.372. The maximum Gasteiger partial charge on any atom is 0.328 e. The summed E-state index contributed by atoms with van der Waals surface area (Å²) in [7, 11) is 0. The summed E-state index contributed by atoms with van der Waals surface area (Å²) >= 11 is 1.76. The number of likely N-dealkylation sites (tertiary alicyclic amines) is 1. The van der Waals surface area contributed by atoms with Crippen molar-refractivity contribution in [2.75, 3.05) is 36.8 Å². The molecule has 1 saturated heterocycles. The average molecular weight is 537 g/mol. The Morgan fingerprint density at radius 3 is 2.53 bits per heavy atom. The summed E-state index contributed by atoms with van der Waals surface area (Å²) in [5, 5.41) is 24.7. The first-order valence-corrected chi connectivity index (χ1v) is 12.8. The molecule has 0 bridgehead atoms. The summed E-state index contributed by atoms with van der Waals surface area (Å²) in [6.07, 6.45) is 7.55. The third kappa shape index (κ3) is 7.82. The number of imidazole rings is 1. The molecule has 1 unspecified atom stereocenters. The zero-order valence-electron chi connectivity index (χ0n) is 20.5. The predicted molar refractivity (Wildman–Crippen MR) is 144 cm³/mol. The first-order valence-electron chi connectivity index (χ1n) is 12.0. The van der Waals surface area contributed by atoms with Crippen LogP contribution in [0, 0.1) is 0 Å². The molecule has 0 aliphatic carbocycles. The van der Waals surface area contributed by atoms with Crippen LogP contribution in [0.25, 0.3) is 11.2 Å². The SMILES string of the molecule is O=C(O)C=CC(=O)O.c1cnc(NCCN2CCC(Nc3nc4cccnc4n3Cc3cccs3)C2)nc1. The van der Waals surface area contributed by atoms with Crippen LogP contribution in [0.3, 0.4) is 0 Å². The topological polar surface area (TPSA) is 158 Å². The van der Waals surface area contributed by atoms with Crippen molar-refractivity contribution < 1.29 is 19.8 Å². The summed E-state index contributed by atoms with van der Waals surface area (Å²) in [4.78, 5) is 40.7. The van der Waals surface area contributed by atoms with Gasteiger partial charge in [0.25, 0.3) is 0 Å². The maximum atomic E-state index is 9.55. The second-order valence-electron chi connectivity index (χ2n) is 8.39. The smallest absolute Gasteiger partial charge is 0.328 e. The molecule has 4 aromatic rings. The summed E-state index contributed by atoms with van der Waals surface area (Å²) < 4.78 is 2.19. The minimum atomic E-state index is -1.26. The van der Waals surface area contributed by atoms with Gasteiger partial charge in [0.05, 0.1) is 6.54 Å². The molecular weight excluding hydrogens is 508 g/mol. The molecule has 1 aliphatic heterocycles. The van der Waals surface area contributed by atoms with E-state index in [9.17, 15) is 9.59 Å². The van der Waals surface area contributed by atoms with E-state index >= 15 is 0 Å². The lowest BCUT2D eigenvalue weighted by atomic mass is 10.3. The summed E-state index contributed by atoms with van der Waals surface area (Å²) in [6.45, 7) is 4.64. The Morgan fingerprint density at radius 1 is 1.05 bits per heavy atom. The van der Waals surface area contributed by atoms with E-state index in [1.165, 1.54) is 4.88 Å². The molecule has 5 rings (SSSR count). The number of hydrogen-bond acceptors (Lipinski definition) is 10. The number of aromatic nitrogens is 5. The zero-order chi connectivity index (χ0) is 26.7. The second-order valence-corrected chi connectivity index (χ2v) is 9.42. The number of carboxylic acids is 2. The standard InChI is InChI=1S/C21H24N8S.C4H4O4/c1-5-18-19(22-7-1)29(15-17-4-2-13-30-17)21(27-18)26-16-6-11-28(14-16)12-10-25-20-23-8-3-9-24-20;5-3(6)1-2-4(7)8/h1-5,7-9,13,16H,6,10-12,14-15H2,(H,26,27)(H,23,24,25);1-2H,(H,5,6)(H,7,8). The summed E-state index contributed by atoms with van der Waals surface area (Å²) in [6, 6.07) is 10.4. The van der Waals surface area contributed by atoms with Gasteiger partial charge in [0.2, 0.25) is 11.9 Å². The highest BCUT2D eigenvalue weighted by Crippen LogP contribution is 2.23. The van der Waals surface area contributed by atoms with Crippen molar-refractivity contribution in [3.8, 4) is 0 Å². The number of carboxylic acid groups (broad SMARTS) is 2. The highest BCUT2D eigenvalue weighted by molar-refractivity contribution is 7.09. The molecule has 13 heteroatoms. The number of pyridine rings is 1. The van der Waals surface area contributed by atoms with E-state index in [-0.39, 0.29) is 0 Å². The van der Waals surface area contributed by atoms with E-state index in [0.29, 0.717) is 24.1 Å². The van der Waals surface area contributed by atoms with Crippen molar-refractivity contribution in [2.24, 2.45) is 0 Å². The van der Waals surface area contributed by atoms with Crippen LogP contribution in [-0.2, 0) is 16.1 Å². The highest BCUT2D eigenvalue weighted by Gasteiger charge is 2.24.